The van der Waals surface area contributed by atoms with E-state index in [0.29, 0.717) is 38.6 Å². The minimum atomic E-state index is -3.37. The Balaban J connectivity index is 1.94. The van der Waals surface area contributed by atoms with Crippen molar-refractivity contribution in [2.45, 2.75) is 19.3 Å². The number of hydrogen-bond donors (Lipinski definition) is 1. The lowest BCUT2D eigenvalue weighted by Crippen LogP contribution is -2.54. The quantitative estimate of drug-likeness (QED) is 0.743. The van der Waals surface area contributed by atoms with E-state index in [-0.39, 0.29) is 11.8 Å². The Kier molecular flexibility index (Phi) is 5.24. The minimum absolute atomic E-state index is 0.0343. The fourth-order valence-electron chi connectivity index (χ4n) is 3.25. The second kappa shape index (κ2) is 6.60. The molecule has 8 heteroatoms. The zero-order valence-electron chi connectivity index (χ0n) is 12.9. The Hall–Kier alpha value is -0.700. The summed E-state index contributed by atoms with van der Waals surface area (Å²) >= 11 is 0. The molecule has 21 heavy (non-hydrogen) atoms. The summed E-state index contributed by atoms with van der Waals surface area (Å²) < 4.78 is 26.7. The molecule has 1 heterocycles. The van der Waals surface area contributed by atoms with Gasteiger partial charge in [-0.05, 0) is 25.3 Å². The molecule has 122 valence electrons. The van der Waals surface area contributed by atoms with E-state index >= 15 is 0 Å². The van der Waals surface area contributed by atoms with Crippen LogP contribution in [0.3, 0.4) is 0 Å². The lowest BCUT2D eigenvalue weighted by atomic mass is 9.94. The molecule has 1 saturated heterocycles. The molecule has 2 fully saturated rings. The van der Waals surface area contributed by atoms with E-state index in [1.807, 2.05) is 0 Å². The highest BCUT2D eigenvalue weighted by Crippen LogP contribution is 2.32. The predicted octanol–water partition coefficient (Wildman–Crippen LogP) is -0.688. The molecular weight excluding hydrogens is 292 g/mol. The number of carbonyl (C=O) groups is 1. The third-order valence-corrected chi connectivity index (χ3v) is 6.56. The van der Waals surface area contributed by atoms with Crippen molar-refractivity contribution >= 4 is 16.1 Å². The van der Waals surface area contributed by atoms with E-state index in [4.69, 9.17) is 5.73 Å². The molecule has 7 nitrogen and oxygen atoms in total. The molecule has 0 aromatic rings. The topological polar surface area (TPSA) is 87.0 Å². The highest BCUT2D eigenvalue weighted by molar-refractivity contribution is 7.86. The monoisotopic (exact) mass is 318 g/mol. The second-order valence-corrected chi connectivity index (χ2v) is 8.19. The van der Waals surface area contributed by atoms with Gasteiger partial charge in [0.25, 0.3) is 10.2 Å². The van der Waals surface area contributed by atoms with Crippen molar-refractivity contribution in [3.8, 4) is 0 Å². The summed E-state index contributed by atoms with van der Waals surface area (Å²) in [5, 5.41) is 0. The van der Waals surface area contributed by atoms with Crippen LogP contribution in [0.25, 0.3) is 0 Å². The standard InChI is InChI=1S/C13H26N4O3S/c1-15(2)21(19,20)17-8-6-16(7-9-17)13(18)12-5-3-4-11(12)10-14/h11-12H,3-10,14H2,1-2H3. The normalized spacial score (nSPS) is 28.3. The minimum Gasteiger partial charge on any atom is -0.340 e. The molecule has 0 bridgehead atoms. The van der Waals surface area contributed by atoms with E-state index in [1.165, 1.54) is 22.7 Å². The first-order valence-corrected chi connectivity index (χ1v) is 8.94. The lowest BCUT2D eigenvalue weighted by Gasteiger charge is -2.36. The third-order valence-electron chi connectivity index (χ3n) is 4.62. The molecule has 0 aromatic carbocycles. The second-order valence-electron chi connectivity index (χ2n) is 6.05. The first-order valence-electron chi connectivity index (χ1n) is 7.54. The van der Waals surface area contributed by atoms with Crippen LogP contribution in [0, 0.1) is 11.8 Å². The van der Waals surface area contributed by atoms with Gasteiger partial charge >= 0.3 is 0 Å². The molecule has 1 aliphatic heterocycles. The van der Waals surface area contributed by atoms with Gasteiger partial charge in [-0.3, -0.25) is 4.79 Å². The average molecular weight is 318 g/mol. The Morgan fingerprint density at radius 2 is 1.81 bits per heavy atom. The van der Waals surface area contributed by atoms with Gasteiger partial charge in [-0.1, -0.05) is 6.42 Å². The number of hydrogen-bond acceptors (Lipinski definition) is 4. The summed E-state index contributed by atoms with van der Waals surface area (Å²) in [7, 11) is -0.325. The fraction of sp³-hybridized carbons (Fsp3) is 0.923. The van der Waals surface area contributed by atoms with Gasteiger partial charge in [0.2, 0.25) is 5.91 Å². The van der Waals surface area contributed by atoms with Crippen LogP contribution in [0.4, 0.5) is 0 Å². The number of carbonyl (C=O) groups excluding carboxylic acids is 1. The summed E-state index contributed by atoms with van der Waals surface area (Å²) in [6.45, 7) is 2.24. The molecule has 1 aliphatic carbocycles. The van der Waals surface area contributed by atoms with Gasteiger partial charge in [0.05, 0.1) is 0 Å². The number of rotatable bonds is 4. The van der Waals surface area contributed by atoms with Gasteiger partial charge in [0.1, 0.15) is 0 Å². The van der Waals surface area contributed by atoms with Gasteiger partial charge in [-0.15, -0.1) is 0 Å². The van der Waals surface area contributed by atoms with Crippen molar-refractivity contribution in [2.24, 2.45) is 17.6 Å². The van der Waals surface area contributed by atoms with Crippen molar-refractivity contribution in [2.75, 3.05) is 46.8 Å². The van der Waals surface area contributed by atoms with Crippen LogP contribution in [0.2, 0.25) is 0 Å². The van der Waals surface area contributed by atoms with Crippen molar-refractivity contribution in [3.63, 3.8) is 0 Å². The van der Waals surface area contributed by atoms with Crippen LogP contribution in [-0.2, 0) is 15.0 Å². The summed E-state index contributed by atoms with van der Waals surface area (Å²) in [5.74, 6) is 0.484. The molecule has 1 amide bonds. The Morgan fingerprint density at radius 1 is 1.19 bits per heavy atom. The van der Waals surface area contributed by atoms with Gasteiger partial charge < -0.3 is 10.6 Å². The van der Waals surface area contributed by atoms with Crippen LogP contribution in [-0.4, -0.2) is 74.7 Å². The lowest BCUT2D eigenvalue weighted by molar-refractivity contribution is -0.137. The van der Waals surface area contributed by atoms with Crippen molar-refractivity contribution in [1.29, 1.82) is 0 Å². The van der Waals surface area contributed by atoms with E-state index in [1.54, 1.807) is 4.90 Å². The van der Waals surface area contributed by atoms with Crippen LogP contribution < -0.4 is 5.73 Å². The molecule has 2 aliphatic rings. The molecular formula is C13H26N4O3S. The van der Waals surface area contributed by atoms with Crippen molar-refractivity contribution in [1.82, 2.24) is 13.5 Å². The van der Waals surface area contributed by atoms with Crippen LogP contribution >= 0.6 is 0 Å². The van der Waals surface area contributed by atoms with Crippen LogP contribution in [0.15, 0.2) is 0 Å². The fourth-order valence-corrected chi connectivity index (χ4v) is 4.34. The predicted molar refractivity (Wildman–Crippen MR) is 80.6 cm³/mol. The molecule has 2 atom stereocenters. The van der Waals surface area contributed by atoms with Crippen molar-refractivity contribution in [3.05, 3.63) is 0 Å². The molecule has 0 spiro atoms. The average Bonchev–Trinajstić information content (AvgIpc) is 2.94. The van der Waals surface area contributed by atoms with Gasteiger partial charge in [-0.25, -0.2) is 0 Å². The zero-order valence-corrected chi connectivity index (χ0v) is 13.7. The molecule has 2 unspecified atom stereocenters. The maximum atomic E-state index is 12.6. The first kappa shape index (κ1) is 16.7. The maximum Gasteiger partial charge on any atom is 0.281 e. The molecule has 2 rings (SSSR count). The Labute approximate surface area is 127 Å². The van der Waals surface area contributed by atoms with Crippen molar-refractivity contribution < 1.29 is 13.2 Å². The van der Waals surface area contributed by atoms with Crippen LogP contribution in [0.1, 0.15) is 19.3 Å². The van der Waals surface area contributed by atoms with E-state index in [0.717, 1.165) is 19.3 Å². The number of nitrogens with zero attached hydrogens (tertiary/aromatic N) is 3. The molecule has 0 aromatic heterocycles. The Morgan fingerprint density at radius 3 is 2.33 bits per heavy atom. The summed E-state index contributed by atoms with van der Waals surface area (Å²) in [6, 6.07) is 0. The SMILES string of the molecule is CN(C)S(=O)(=O)N1CCN(C(=O)C2CCCC2CN)CC1. The zero-order chi connectivity index (χ0) is 15.6. The van der Waals surface area contributed by atoms with Gasteiger partial charge in [0.15, 0.2) is 0 Å². The summed E-state index contributed by atoms with van der Waals surface area (Å²) in [5.41, 5.74) is 5.74. The highest BCUT2D eigenvalue weighted by Gasteiger charge is 2.37. The van der Waals surface area contributed by atoms with Gasteiger partial charge in [-0.2, -0.15) is 17.0 Å². The largest absolute Gasteiger partial charge is 0.340 e. The number of piperazine rings is 1. The number of amides is 1. The number of nitrogens with two attached hydrogens (primary N) is 1. The Bertz CT molecular complexity index is 472. The molecule has 2 N–H and O–H groups in total. The van der Waals surface area contributed by atoms with E-state index in [9.17, 15) is 13.2 Å². The van der Waals surface area contributed by atoms with Gasteiger partial charge in [0, 0.05) is 46.2 Å². The third kappa shape index (κ3) is 3.39. The summed E-state index contributed by atoms with van der Waals surface area (Å²) in [6.07, 6.45) is 3.01. The molecule has 0 radical (unpaired) electrons. The van der Waals surface area contributed by atoms with E-state index in [2.05, 4.69) is 0 Å². The molecule has 1 saturated carbocycles. The summed E-state index contributed by atoms with van der Waals surface area (Å²) in [4.78, 5) is 14.4. The van der Waals surface area contributed by atoms with Crippen LogP contribution in [0.5, 0.6) is 0 Å². The first-order chi connectivity index (χ1) is 9.87. The maximum absolute atomic E-state index is 12.6. The van der Waals surface area contributed by atoms with E-state index < -0.39 is 10.2 Å². The highest BCUT2D eigenvalue weighted by atomic mass is 32.2. The smallest absolute Gasteiger partial charge is 0.281 e.